The van der Waals surface area contributed by atoms with Crippen molar-refractivity contribution in [3.63, 3.8) is 0 Å². The van der Waals surface area contributed by atoms with Crippen LogP contribution < -0.4 is 10.1 Å². The quantitative estimate of drug-likeness (QED) is 0.898. The molecule has 20 heavy (non-hydrogen) atoms. The number of aryl methyl sites for hydroxylation is 1. The average Bonchev–Trinajstić information content (AvgIpc) is 2.46. The van der Waals surface area contributed by atoms with Gasteiger partial charge in [-0.05, 0) is 43.7 Å². The van der Waals surface area contributed by atoms with Crippen LogP contribution in [0.3, 0.4) is 0 Å². The van der Waals surface area contributed by atoms with Gasteiger partial charge in [-0.2, -0.15) is 0 Å². The lowest BCUT2D eigenvalue weighted by Gasteiger charge is -2.17. The maximum absolute atomic E-state index is 13.7. The van der Waals surface area contributed by atoms with Crippen LogP contribution in [0.25, 0.3) is 0 Å². The first-order valence-corrected chi connectivity index (χ1v) is 6.70. The molecule has 0 bridgehead atoms. The van der Waals surface area contributed by atoms with Gasteiger partial charge in [0.1, 0.15) is 0 Å². The lowest BCUT2D eigenvalue weighted by Crippen LogP contribution is -2.18. The van der Waals surface area contributed by atoms with Gasteiger partial charge >= 0.3 is 0 Å². The van der Waals surface area contributed by atoms with E-state index in [0.717, 1.165) is 12.0 Å². The van der Waals surface area contributed by atoms with Crippen LogP contribution in [0.2, 0.25) is 0 Å². The molecule has 1 N–H and O–H groups in total. The molecule has 0 amide bonds. The largest absolute Gasteiger partial charge is 0.494 e. The fourth-order valence-electron chi connectivity index (χ4n) is 2.26. The Kier molecular flexibility index (Phi) is 4.74. The number of halogens is 1. The highest BCUT2D eigenvalue weighted by Crippen LogP contribution is 2.23. The minimum Gasteiger partial charge on any atom is -0.494 e. The van der Waals surface area contributed by atoms with Gasteiger partial charge in [-0.15, -0.1) is 0 Å². The van der Waals surface area contributed by atoms with E-state index in [4.69, 9.17) is 4.74 Å². The van der Waals surface area contributed by atoms with E-state index in [1.807, 2.05) is 13.1 Å². The minimum atomic E-state index is -0.316. The molecule has 0 spiro atoms. The van der Waals surface area contributed by atoms with Gasteiger partial charge in [0.05, 0.1) is 7.11 Å². The summed E-state index contributed by atoms with van der Waals surface area (Å²) >= 11 is 0. The second kappa shape index (κ2) is 6.53. The Bertz CT molecular complexity index is 566. The first-order chi connectivity index (χ1) is 9.63. The molecule has 2 aromatic rings. The third-order valence-corrected chi connectivity index (χ3v) is 3.48. The molecule has 0 fully saturated rings. The smallest absolute Gasteiger partial charge is 0.165 e. The SMILES string of the molecule is CNC(Cc1ccc(OC)c(F)c1)c1ccc(C)cc1. The molecule has 3 heteroatoms. The van der Waals surface area contributed by atoms with Gasteiger partial charge in [-0.1, -0.05) is 35.9 Å². The number of likely N-dealkylation sites (N-methyl/N-ethyl adjacent to an activating group) is 1. The highest BCUT2D eigenvalue weighted by atomic mass is 19.1. The van der Waals surface area contributed by atoms with Crippen molar-refractivity contribution in [1.82, 2.24) is 5.32 Å². The zero-order valence-corrected chi connectivity index (χ0v) is 12.1. The molecule has 0 aliphatic heterocycles. The van der Waals surface area contributed by atoms with Crippen molar-refractivity contribution in [3.05, 3.63) is 65.0 Å². The van der Waals surface area contributed by atoms with Gasteiger partial charge in [-0.25, -0.2) is 4.39 Å². The Labute approximate surface area is 119 Å². The maximum atomic E-state index is 13.7. The van der Waals surface area contributed by atoms with E-state index in [9.17, 15) is 4.39 Å². The van der Waals surface area contributed by atoms with Crippen LogP contribution in [-0.2, 0) is 6.42 Å². The summed E-state index contributed by atoms with van der Waals surface area (Å²) in [6.45, 7) is 2.07. The molecule has 0 aliphatic rings. The summed E-state index contributed by atoms with van der Waals surface area (Å²) in [5.41, 5.74) is 3.39. The second-order valence-electron chi connectivity index (χ2n) is 4.92. The summed E-state index contributed by atoms with van der Waals surface area (Å²) in [5, 5.41) is 3.28. The Hall–Kier alpha value is -1.87. The highest BCUT2D eigenvalue weighted by Gasteiger charge is 2.11. The molecule has 0 aliphatic carbocycles. The number of nitrogens with one attached hydrogen (secondary N) is 1. The van der Waals surface area contributed by atoms with Crippen LogP contribution in [0.4, 0.5) is 4.39 Å². The normalized spacial score (nSPS) is 12.2. The van der Waals surface area contributed by atoms with Crippen LogP contribution in [0.5, 0.6) is 5.75 Å². The Morgan fingerprint density at radius 2 is 1.85 bits per heavy atom. The molecular formula is C17H20FNO. The number of methoxy groups -OCH3 is 1. The summed E-state index contributed by atoms with van der Waals surface area (Å²) in [6, 6.07) is 13.7. The molecule has 1 unspecified atom stereocenters. The monoisotopic (exact) mass is 273 g/mol. The van der Waals surface area contributed by atoms with Crippen molar-refractivity contribution in [1.29, 1.82) is 0 Å². The average molecular weight is 273 g/mol. The number of benzene rings is 2. The van der Waals surface area contributed by atoms with Gasteiger partial charge in [0, 0.05) is 6.04 Å². The molecule has 0 aromatic heterocycles. The van der Waals surface area contributed by atoms with Crippen molar-refractivity contribution in [2.24, 2.45) is 0 Å². The molecule has 0 saturated carbocycles. The minimum absolute atomic E-state index is 0.170. The molecule has 2 aromatic carbocycles. The molecule has 2 rings (SSSR count). The molecule has 106 valence electrons. The summed E-state index contributed by atoms with van der Waals surface area (Å²) in [6.07, 6.45) is 0.737. The van der Waals surface area contributed by atoms with E-state index in [0.29, 0.717) is 0 Å². The summed E-state index contributed by atoms with van der Waals surface area (Å²) in [5.74, 6) is -0.0335. The number of hydrogen-bond acceptors (Lipinski definition) is 2. The van der Waals surface area contributed by atoms with Gasteiger partial charge in [0.15, 0.2) is 11.6 Å². The fourth-order valence-corrected chi connectivity index (χ4v) is 2.26. The van der Waals surface area contributed by atoms with Crippen LogP contribution in [0.1, 0.15) is 22.7 Å². The predicted molar refractivity (Wildman–Crippen MR) is 79.6 cm³/mol. The summed E-state index contributed by atoms with van der Waals surface area (Å²) < 4.78 is 18.7. The molecule has 0 heterocycles. The maximum Gasteiger partial charge on any atom is 0.165 e. The van der Waals surface area contributed by atoms with Crippen molar-refractivity contribution in [3.8, 4) is 5.75 Å². The predicted octanol–water partition coefficient (Wildman–Crippen LogP) is 3.65. The fraction of sp³-hybridized carbons (Fsp3) is 0.294. The highest BCUT2D eigenvalue weighted by molar-refractivity contribution is 5.31. The van der Waals surface area contributed by atoms with Gasteiger partial charge in [0.25, 0.3) is 0 Å². The summed E-state index contributed by atoms with van der Waals surface area (Å²) in [7, 11) is 3.39. The number of rotatable bonds is 5. The van der Waals surface area contributed by atoms with Gasteiger partial charge in [0.2, 0.25) is 0 Å². The third-order valence-electron chi connectivity index (χ3n) is 3.48. The zero-order chi connectivity index (χ0) is 14.5. The molecule has 1 atom stereocenters. The molecule has 2 nitrogen and oxygen atoms in total. The van der Waals surface area contributed by atoms with Gasteiger partial charge in [-0.3, -0.25) is 0 Å². The van der Waals surface area contributed by atoms with Gasteiger partial charge < -0.3 is 10.1 Å². The number of ether oxygens (including phenoxy) is 1. The first-order valence-electron chi connectivity index (χ1n) is 6.70. The van der Waals surface area contributed by atoms with Crippen molar-refractivity contribution < 1.29 is 9.13 Å². The summed E-state index contributed by atoms with van der Waals surface area (Å²) in [4.78, 5) is 0. The van der Waals surface area contributed by atoms with Crippen molar-refractivity contribution >= 4 is 0 Å². The lowest BCUT2D eigenvalue weighted by molar-refractivity contribution is 0.386. The van der Waals surface area contributed by atoms with E-state index in [2.05, 4.69) is 36.5 Å². The Balaban J connectivity index is 2.17. The molecule has 0 radical (unpaired) electrons. The Morgan fingerprint density at radius 3 is 2.40 bits per heavy atom. The standard InChI is InChI=1S/C17H20FNO/c1-12-4-7-14(8-5-12)16(19-2)11-13-6-9-17(20-3)15(18)10-13/h4-10,16,19H,11H2,1-3H3. The number of hydrogen-bond donors (Lipinski definition) is 1. The van der Waals surface area contributed by atoms with E-state index >= 15 is 0 Å². The van der Waals surface area contributed by atoms with Crippen molar-refractivity contribution in [2.75, 3.05) is 14.2 Å². The topological polar surface area (TPSA) is 21.3 Å². The van der Waals surface area contributed by atoms with Crippen molar-refractivity contribution in [2.45, 2.75) is 19.4 Å². The second-order valence-corrected chi connectivity index (χ2v) is 4.92. The lowest BCUT2D eigenvalue weighted by atomic mass is 9.98. The van der Waals surface area contributed by atoms with E-state index in [1.165, 1.54) is 24.3 Å². The van der Waals surface area contributed by atoms with E-state index in [1.54, 1.807) is 6.07 Å². The van der Waals surface area contributed by atoms with Crippen LogP contribution in [0, 0.1) is 12.7 Å². The first kappa shape index (κ1) is 14.5. The van der Waals surface area contributed by atoms with E-state index < -0.39 is 0 Å². The molecular weight excluding hydrogens is 253 g/mol. The van der Waals surface area contributed by atoms with Crippen LogP contribution in [-0.4, -0.2) is 14.2 Å². The third kappa shape index (κ3) is 3.36. The van der Waals surface area contributed by atoms with Crippen LogP contribution >= 0.6 is 0 Å². The van der Waals surface area contributed by atoms with Crippen LogP contribution in [0.15, 0.2) is 42.5 Å². The van der Waals surface area contributed by atoms with E-state index in [-0.39, 0.29) is 17.6 Å². The zero-order valence-electron chi connectivity index (χ0n) is 12.1. The molecule has 0 saturated heterocycles. The Morgan fingerprint density at radius 1 is 1.15 bits per heavy atom.